The molecule has 2 aliphatic carbocycles. The molecule has 6 nitrogen and oxygen atoms in total. The summed E-state index contributed by atoms with van der Waals surface area (Å²) >= 11 is 0. The van der Waals surface area contributed by atoms with E-state index in [9.17, 15) is 13.2 Å². The lowest BCUT2D eigenvalue weighted by molar-refractivity contribution is 0.148. The van der Waals surface area contributed by atoms with Crippen molar-refractivity contribution in [2.45, 2.75) is 49.6 Å². The van der Waals surface area contributed by atoms with Crippen molar-refractivity contribution in [2.24, 2.45) is 17.8 Å². The van der Waals surface area contributed by atoms with Crippen molar-refractivity contribution in [1.29, 1.82) is 0 Å². The number of carbonyl (C=O) groups is 1. The van der Waals surface area contributed by atoms with Gasteiger partial charge in [0.1, 0.15) is 6.61 Å². The van der Waals surface area contributed by atoms with Crippen LogP contribution in [0.1, 0.15) is 37.7 Å². The molecular formula is C28H30N2O4S. The van der Waals surface area contributed by atoms with E-state index >= 15 is 0 Å². The minimum Gasteiger partial charge on any atom is -0.444 e. The third-order valence-electron chi connectivity index (χ3n) is 7.96. The Balaban J connectivity index is 1.23. The first kappa shape index (κ1) is 22.6. The molecule has 0 spiro atoms. The van der Waals surface area contributed by atoms with Gasteiger partial charge in [0.25, 0.3) is 0 Å². The highest BCUT2D eigenvalue weighted by molar-refractivity contribution is 7.89. The third-order valence-corrected chi connectivity index (χ3v) is 9.88. The SMILES string of the molecule is O=C(Nc1cccc2cc(S(=O)(=O)N3CC4CC5CC(C4)CC3C5)ccc12)OCc1ccccc1. The second-order valence-corrected chi connectivity index (χ2v) is 12.3. The molecule has 7 heteroatoms. The Hall–Kier alpha value is -2.90. The van der Waals surface area contributed by atoms with E-state index in [1.165, 1.54) is 19.3 Å². The average molecular weight is 491 g/mol. The van der Waals surface area contributed by atoms with Crippen LogP contribution in [-0.4, -0.2) is 31.4 Å². The topological polar surface area (TPSA) is 75.7 Å². The molecule has 0 aromatic heterocycles. The lowest BCUT2D eigenvalue weighted by Crippen LogP contribution is -2.42. The highest BCUT2D eigenvalue weighted by Gasteiger charge is 2.46. The van der Waals surface area contributed by atoms with Crippen molar-refractivity contribution in [3.05, 3.63) is 72.3 Å². The molecule has 182 valence electrons. The second kappa shape index (κ2) is 8.95. The standard InChI is InChI=1S/C28H30N2O4S/c31-28(34-18-19-5-2-1-3-6-19)29-27-8-4-7-23-16-25(9-10-26(23)27)35(32,33)30-17-22-12-20-11-21(13-22)15-24(30)14-20/h1-10,16,20-22,24H,11-15,17-18H2,(H,29,31). The van der Waals surface area contributed by atoms with Crippen molar-refractivity contribution in [1.82, 2.24) is 4.31 Å². The molecule has 4 fully saturated rings. The largest absolute Gasteiger partial charge is 0.444 e. The summed E-state index contributed by atoms with van der Waals surface area (Å²) in [6, 6.07) is 20.3. The predicted molar refractivity (Wildman–Crippen MR) is 135 cm³/mol. The number of anilines is 1. The van der Waals surface area contributed by atoms with E-state index in [0.29, 0.717) is 34.9 Å². The summed E-state index contributed by atoms with van der Waals surface area (Å²) in [4.78, 5) is 12.7. The maximum Gasteiger partial charge on any atom is 0.411 e. The molecule has 2 heterocycles. The fraction of sp³-hybridized carbons (Fsp3) is 0.393. The Labute approximate surface area is 206 Å². The minimum absolute atomic E-state index is 0.124. The van der Waals surface area contributed by atoms with Crippen LogP contribution < -0.4 is 5.32 Å². The Morgan fingerprint density at radius 3 is 2.40 bits per heavy atom. The van der Waals surface area contributed by atoms with Crippen molar-refractivity contribution in [3.63, 3.8) is 0 Å². The smallest absolute Gasteiger partial charge is 0.411 e. The zero-order valence-electron chi connectivity index (χ0n) is 19.6. The van der Waals surface area contributed by atoms with Gasteiger partial charge in [-0.25, -0.2) is 13.2 Å². The molecule has 2 saturated carbocycles. The van der Waals surface area contributed by atoms with E-state index in [-0.39, 0.29) is 12.6 Å². The number of fused-ring (bicyclic) bond motifs is 2. The molecule has 4 aliphatic rings. The second-order valence-electron chi connectivity index (χ2n) is 10.4. The van der Waals surface area contributed by atoms with Gasteiger partial charge >= 0.3 is 6.09 Å². The number of hydrogen-bond donors (Lipinski definition) is 1. The van der Waals surface area contributed by atoms with Gasteiger partial charge in [-0.1, -0.05) is 48.5 Å². The Morgan fingerprint density at radius 2 is 1.63 bits per heavy atom. The molecule has 1 amide bonds. The minimum atomic E-state index is -3.59. The van der Waals surface area contributed by atoms with Crippen LogP contribution in [0.5, 0.6) is 0 Å². The normalized spacial score (nSPS) is 25.9. The van der Waals surface area contributed by atoms with Gasteiger partial charge in [0.2, 0.25) is 10.0 Å². The first-order valence-corrected chi connectivity index (χ1v) is 13.9. The first-order chi connectivity index (χ1) is 17.0. The zero-order chi connectivity index (χ0) is 24.0. The van der Waals surface area contributed by atoms with E-state index in [0.717, 1.165) is 29.2 Å². The van der Waals surface area contributed by atoms with Crippen LogP contribution in [0.4, 0.5) is 10.5 Å². The summed E-state index contributed by atoms with van der Waals surface area (Å²) in [5, 5.41) is 4.35. The molecule has 7 rings (SSSR count). The van der Waals surface area contributed by atoms with E-state index in [2.05, 4.69) is 5.32 Å². The molecule has 0 radical (unpaired) electrons. The number of rotatable bonds is 5. The molecule has 2 unspecified atom stereocenters. The number of hydrogen-bond acceptors (Lipinski definition) is 4. The van der Waals surface area contributed by atoms with Gasteiger partial charge in [-0.05, 0) is 79.0 Å². The molecular weight excluding hydrogens is 460 g/mol. The number of nitrogens with zero attached hydrogens (tertiary/aromatic N) is 1. The molecule has 2 atom stereocenters. The Bertz CT molecular complexity index is 1340. The third kappa shape index (κ3) is 4.43. The molecule has 1 N–H and O–H groups in total. The van der Waals surface area contributed by atoms with Gasteiger partial charge in [0.15, 0.2) is 0 Å². The van der Waals surface area contributed by atoms with Crippen molar-refractivity contribution < 1.29 is 17.9 Å². The quantitative estimate of drug-likeness (QED) is 0.491. The fourth-order valence-electron chi connectivity index (χ4n) is 6.57. The van der Waals surface area contributed by atoms with Gasteiger partial charge in [0, 0.05) is 18.0 Å². The summed E-state index contributed by atoms with van der Waals surface area (Å²) in [5.41, 5.74) is 1.50. The van der Waals surface area contributed by atoms with Gasteiger partial charge in [-0.2, -0.15) is 4.31 Å². The maximum atomic E-state index is 13.8. The first-order valence-electron chi connectivity index (χ1n) is 12.5. The Morgan fingerprint density at radius 1 is 0.886 bits per heavy atom. The highest BCUT2D eigenvalue weighted by Crippen LogP contribution is 2.48. The van der Waals surface area contributed by atoms with Crippen molar-refractivity contribution in [2.75, 3.05) is 11.9 Å². The summed E-state index contributed by atoms with van der Waals surface area (Å²) in [6.07, 6.45) is 5.07. The van der Waals surface area contributed by atoms with Gasteiger partial charge in [-0.15, -0.1) is 0 Å². The number of amides is 1. The van der Waals surface area contributed by atoms with Crippen molar-refractivity contribution >= 4 is 32.6 Å². The van der Waals surface area contributed by atoms with Gasteiger partial charge < -0.3 is 4.74 Å². The van der Waals surface area contributed by atoms with Crippen molar-refractivity contribution in [3.8, 4) is 0 Å². The summed E-state index contributed by atoms with van der Waals surface area (Å²) in [6.45, 7) is 0.826. The van der Waals surface area contributed by atoms with Crippen LogP contribution in [-0.2, 0) is 21.4 Å². The number of nitrogens with one attached hydrogen (secondary N) is 1. The van der Waals surface area contributed by atoms with Crippen LogP contribution in [0.3, 0.4) is 0 Å². The Kier molecular flexibility index (Phi) is 5.77. The van der Waals surface area contributed by atoms with Crippen LogP contribution in [0.15, 0.2) is 71.6 Å². The number of carbonyl (C=O) groups excluding carboxylic acids is 1. The maximum absolute atomic E-state index is 13.8. The number of benzene rings is 3. The molecule has 3 aromatic carbocycles. The van der Waals surface area contributed by atoms with Crippen LogP contribution in [0.2, 0.25) is 0 Å². The van der Waals surface area contributed by atoms with Gasteiger partial charge in [-0.3, -0.25) is 5.32 Å². The monoisotopic (exact) mass is 490 g/mol. The van der Waals surface area contributed by atoms with E-state index in [1.54, 1.807) is 28.6 Å². The summed E-state index contributed by atoms with van der Waals surface area (Å²) in [7, 11) is -3.59. The lowest BCUT2D eigenvalue weighted by Gasteiger charge is -2.38. The van der Waals surface area contributed by atoms with E-state index in [1.807, 2.05) is 42.5 Å². The fourth-order valence-corrected chi connectivity index (χ4v) is 8.33. The highest BCUT2D eigenvalue weighted by atomic mass is 32.2. The number of ether oxygens (including phenoxy) is 1. The molecule has 2 aliphatic heterocycles. The van der Waals surface area contributed by atoms with Crippen LogP contribution >= 0.6 is 0 Å². The molecule has 2 saturated heterocycles. The lowest BCUT2D eigenvalue weighted by atomic mass is 9.68. The number of sulfonamides is 1. The molecule has 4 bridgehead atoms. The van der Waals surface area contributed by atoms with Gasteiger partial charge in [0.05, 0.1) is 10.6 Å². The zero-order valence-corrected chi connectivity index (χ0v) is 20.4. The molecule has 3 aromatic rings. The van der Waals surface area contributed by atoms with E-state index < -0.39 is 16.1 Å². The van der Waals surface area contributed by atoms with E-state index in [4.69, 9.17) is 4.74 Å². The summed E-state index contributed by atoms with van der Waals surface area (Å²) < 4.78 is 34.7. The molecule has 35 heavy (non-hydrogen) atoms. The predicted octanol–water partition coefficient (Wildman–Crippen LogP) is 5.79. The summed E-state index contributed by atoms with van der Waals surface area (Å²) in [5.74, 6) is 1.85. The average Bonchev–Trinajstić information content (AvgIpc) is 3.06. The van der Waals surface area contributed by atoms with Crippen LogP contribution in [0, 0.1) is 17.8 Å². The van der Waals surface area contributed by atoms with Crippen LogP contribution in [0.25, 0.3) is 10.8 Å².